The van der Waals surface area contributed by atoms with Gasteiger partial charge in [-0.2, -0.15) is 5.10 Å². The lowest BCUT2D eigenvalue weighted by molar-refractivity contribution is -0.121. The average molecular weight is 229 g/mol. The first-order chi connectivity index (χ1) is 7.06. The van der Waals surface area contributed by atoms with Crippen LogP contribution in [0, 0.1) is 5.92 Å². The smallest absolute Gasteiger partial charge is 0.135 e. The second-order valence-corrected chi connectivity index (χ2v) is 4.28. The Bertz CT molecular complexity index is 344. The fraction of sp³-hybridized carbons (Fsp3) is 0.636. The Hall–Kier alpha value is -0.830. The number of Topliss-reactive ketones (excluding diaryl/α,β-unsaturated/α-hetero) is 1. The van der Waals surface area contributed by atoms with Gasteiger partial charge >= 0.3 is 0 Å². The van der Waals surface area contributed by atoms with Crippen molar-refractivity contribution in [2.75, 3.05) is 0 Å². The molecule has 0 N–H and O–H groups in total. The predicted octanol–water partition coefficient (Wildman–Crippen LogP) is 2.71. The number of nitrogens with zero attached hydrogens (tertiary/aromatic N) is 2. The van der Waals surface area contributed by atoms with Gasteiger partial charge in [0.1, 0.15) is 5.78 Å². The molecule has 0 saturated heterocycles. The Morgan fingerprint density at radius 3 is 2.80 bits per heavy atom. The van der Waals surface area contributed by atoms with E-state index in [1.165, 1.54) is 0 Å². The third-order valence-electron chi connectivity index (χ3n) is 2.45. The lowest BCUT2D eigenvalue weighted by Gasteiger charge is -2.06. The first kappa shape index (κ1) is 12.2. The summed E-state index contributed by atoms with van der Waals surface area (Å²) in [6.45, 7) is 6.64. The normalized spacial score (nSPS) is 11.0. The third-order valence-corrected chi connectivity index (χ3v) is 2.77. The second kappa shape index (κ2) is 5.31. The summed E-state index contributed by atoms with van der Waals surface area (Å²) in [7, 11) is 0. The van der Waals surface area contributed by atoms with E-state index in [4.69, 9.17) is 11.6 Å². The van der Waals surface area contributed by atoms with Gasteiger partial charge in [-0.05, 0) is 13.3 Å². The van der Waals surface area contributed by atoms with Gasteiger partial charge in [-0.3, -0.25) is 9.48 Å². The molecule has 0 aliphatic heterocycles. The molecule has 0 atom stereocenters. The van der Waals surface area contributed by atoms with Gasteiger partial charge in [0.2, 0.25) is 0 Å². The van der Waals surface area contributed by atoms with Crippen molar-refractivity contribution in [1.29, 1.82) is 0 Å². The van der Waals surface area contributed by atoms with Crippen LogP contribution in [0.2, 0.25) is 5.02 Å². The topological polar surface area (TPSA) is 34.9 Å². The molecule has 1 aromatic rings. The SMILES string of the molecule is CCn1ncc(Cl)c1CCC(=O)C(C)C. The Morgan fingerprint density at radius 2 is 2.27 bits per heavy atom. The minimum absolute atomic E-state index is 0.0989. The Labute approximate surface area is 95.4 Å². The zero-order valence-electron chi connectivity index (χ0n) is 9.46. The maximum Gasteiger partial charge on any atom is 0.135 e. The number of hydrogen-bond acceptors (Lipinski definition) is 2. The van der Waals surface area contributed by atoms with Crippen LogP contribution < -0.4 is 0 Å². The second-order valence-electron chi connectivity index (χ2n) is 3.88. The molecule has 1 aromatic heterocycles. The molecule has 0 bridgehead atoms. The third kappa shape index (κ3) is 3.06. The first-order valence-corrected chi connectivity index (χ1v) is 5.67. The molecular formula is C11H17ClN2O. The van der Waals surface area contributed by atoms with Crippen LogP contribution in [-0.2, 0) is 17.8 Å². The van der Waals surface area contributed by atoms with E-state index in [1.54, 1.807) is 6.20 Å². The molecule has 0 saturated carbocycles. The number of carbonyl (C=O) groups is 1. The summed E-state index contributed by atoms with van der Waals surface area (Å²) in [6.07, 6.45) is 2.87. The molecule has 0 radical (unpaired) electrons. The molecule has 0 aromatic carbocycles. The Kier molecular flexibility index (Phi) is 4.33. The largest absolute Gasteiger partial charge is 0.299 e. The van der Waals surface area contributed by atoms with Gasteiger partial charge in [0.25, 0.3) is 0 Å². The van der Waals surface area contributed by atoms with E-state index in [0.29, 0.717) is 17.9 Å². The van der Waals surface area contributed by atoms with Gasteiger partial charge in [-0.1, -0.05) is 25.4 Å². The van der Waals surface area contributed by atoms with Gasteiger partial charge in [0, 0.05) is 18.9 Å². The molecule has 15 heavy (non-hydrogen) atoms. The quantitative estimate of drug-likeness (QED) is 0.777. The Morgan fingerprint density at radius 1 is 1.60 bits per heavy atom. The molecule has 4 heteroatoms. The molecule has 0 aliphatic carbocycles. The molecule has 0 spiro atoms. The average Bonchev–Trinajstić information content (AvgIpc) is 2.55. The number of aryl methyl sites for hydroxylation is 1. The molecule has 0 fully saturated rings. The molecule has 1 heterocycles. The Balaban J connectivity index is 2.64. The molecular weight excluding hydrogens is 212 g/mol. The van der Waals surface area contributed by atoms with E-state index in [0.717, 1.165) is 12.2 Å². The van der Waals surface area contributed by atoms with Crippen LogP contribution >= 0.6 is 11.6 Å². The number of carbonyl (C=O) groups excluding carboxylic acids is 1. The summed E-state index contributed by atoms with van der Waals surface area (Å²) in [5.74, 6) is 0.372. The molecule has 1 rings (SSSR count). The van der Waals surface area contributed by atoms with Crippen LogP contribution in [0.4, 0.5) is 0 Å². The van der Waals surface area contributed by atoms with Crippen molar-refractivity contribution in [3.63, 3.8) is 0 Å². The molecule has 3 nitrogen and oxygen atoms in total. The lowest BCUT2D eigenvalue weighted by atomic mass is 10.0. The number of halogens is 1. The van der Waals surface area contributed by atoms with Gasteiger partial charge in [-0.15, -0.1) is 0 Å². The zero-order valence-corrected chi connectivity index (χ0v) is 10.2. The number of aromatic nitrogens is 2. The maximum absolute atomic E-state index is 11.5. The van der Waals surface area contributed by atoms with Crippen molar-refractivity contribution in [3.05, 3.63) is 16.9 Å². The minimum atomic E-state index is 0.0989. The van der Waals surface area contributed by atoms with Crippen LogP contribution in [0.15, 0.2) is 6.20 Å². The highest BCUT2D eigenvalue weighted by atomic mass is 35.5. The van der Waals surface area contributed by atoms with Crippen LogP contribution in [0.3, 0.4) is 0 Å². The summed E-state index contributed by atoms with van der Waals surface area (Å²) in [5, 5.41) is 4.79. The van der Waals surface area contributed by atoms with Crippen molar-refractivity contribution in [3.8, 4) is 0 Å². The number of ketones is 1. The summed E-state index contributed by atoms with van der Waals surface area (Å²) in [4.78, 5) is 11.5. The first-order valence-electron chi connectivity index (χ1n) is 5.29. The van der Waals surface area contributed by atoms with Gasteiger partial charge in [-0.25, -0.2) is 0 Å². The number of rotatable bonds is 5. The molecule has 84 valence electrons. The van der Waals surface area contributed by atoms with Crippen molar-refractivity contribution in [2.45, 2.75) is 40.2 Å². The highest BCUT2D eigenvalue weighted by molar-refractivity contribution is 6.31. The monoisotopic (exact) mass is 228 g/mol. The van der Waals surface area contributed by atoms with E-state index in [9.17, 15) is 4.79 Å². The van der Waals surface area contributed by atoms with E-state index in [1.807, 2.05) is 25.5 Å². The fourth-order valence-electron chi connectivity index (χ4n) is 1.44. The lowest BCUT2D eigenvalue weighted by Crippen LogP contribution is -2.10. The highest BCUT2D eigenvalue weighted by Crippen LogP contribution is 2.17. The van der Waals surface area contributed by atoms with Gasteiger partial charge < -0.3 is 0 Å². The van der Waals surface area contributed by atoms with E-state index in [2.05, 4.69) is 5.10 Å². The summed E-state index contributed by atoms with van der Waals surface area (Å²) in [5.41, 5.74) is 0.966. The standard InChI is InChI=1S/C11H17ClN2O/c1-4-14-10(9(12)7-13-14)5-6-11(15)8(2)3/h7-8H,4-6H2,1-3H3. The van der Waals surface area contributed by atoms with Crippen LogP contribution in [0.25, 0.3) is 0 Å². The predicted molar refractivity (Wildman–Crippen MR) is 61.1 cm³/mol. The number of hydrogen-bond donors (Lipinski definition) is 0. The van der Waals surface area contributed by atoms with Crippen LogP contribution in [0.5, 0.6) is 0 Å². The zero-order chi connectivity index (χ0) is 11.4. The summed E-state index contributed by atoms with van der Waals surface area (Å²) >= 11 is 5.99. The highest BCUT2D eigenvalue weighted by Gasteiger charge is 2.12. The van der Waals surface area contributed by atoms with E-state index in [-0.39, 0.29) is 11.7 Å². The van der Waals surface area contributed by atoms with Crippen LogP contribution in [-0.4, -0.2) is 15.6 Å². The van der Waals surface area contributed by atoms with E-state index < -0.39 is 0 Å². The maximum atomic E-state index is 11.5. The van der Waals surface area contributed by atoms with Crippen molar-refractivity contribution >= 4 is 17.4 Å². The van der Waals surface area contributed by atoms with Gasteiger partial charge in [0.05, 0.1) is 16.9 Å². The van der Waals surface area contributed by atoms with Crippen molar-refractivity contribution in [1.82, 2.24) is 9.78 Å². The summed E-state index contributed by atoms with van der Waals surface area (Å²) < 4.78 is 1.84. The van der Waals surface area contributed by atoms with Crippen molar-refractivity contribution < 1.29 is 4.79 Å². The van der Waals surface area contributed by atoms with Gasteiger partial charge in [0.15, 0.2) is 0 Å². The fourth-order valence-corrected chi connectivity index (χ4v) is 1.67. The molecule has 0 unspecified atom stereocenters. The van der Waals surface area contributed by atoms with Crippen molar-refractivity contribution in [2.24, 2.45) is 5.92 Å². The molecule has 0 aliphatic rings. The van der Waals surface area contributed by atoms with E-state index >= 15 is 0 Å². The summed E-state index contributed by atoms with van der Waals surface area (Å²) in [6, 6.07) is 0. The minimum Gasteiger partial charge on any atom is -0.299 e. The van der Waals surface area contributed by atoms with Crippen LogP contribution in [0.1, 0.15) is 32.9 Å². The molecule has 0 amide bonds.